The maximum atomic E-state index is 4.72. The van der Waals surface area contributed by atoms with Crippen LogP contribution >= 0.6 is 0 Å². The molecule has 0 bridgehead atoms. The fourth-order valence-electron chi connectivity index (χ4n) is 1.80. The van der Waals surface area contributed by atoms with E-state index in [4.69, 9.17) is 4.98 Å². The maximum absolute atomic E-state index is 4.72. The Kier molecular flexibility index (Phi) is 5.44. The molecule has 0 fully saturated rings. The molecule has 1 heterocycles. The highest BCUT2D eigenvalue weighted by Crippen LogP contribution is 2.09. The van der Waals surface area contributed by atoms with Gasteiger partial charge in [0.1, 0.15) is 5.82 Å². The molecule has 0 aliphatic carbocycles. The van der Waals surface area contributed by atoms with Crippen molar-refractivity contribution in [3.05, 3.63) is 17.7 Å². The number of hydrogen-bond acceptors (Lipinski definition) is 1. The Morgan fingerprint density at radius 1 is 1.07 bits per heavy atom. The van der Waals surface area contributed by atoms with Gasteiger partial charge in [0.05, 0.1) is 5.69 Å². The highest BCUT2D eigenvalue weighted by Gasteiger charge is 2.05. The summed E-state index contributed by atoms with van der Waals surface area (Å²) < 4.78 is 2.31. The van der Waals surface area contributed by atoms with Gasteiger partial charge in [-0.25, -0.2) is 4.98 Å². The van der Waals surface area contributed by atoms with Gasteiger partial charge < -0.3 is 4.57 Å². The Hall–Kier alpha value is -0.790. The standard InChI is InChI=1S/C13H24N2/c1-4-7-9-12-11-15(6-3)13(14-12)10-8-5-2/h11H,4-10H2,1-3H3. The molecule has 0 atom stereocenters. The van der Waals surface area contributed by atoms with Crippen molar-refractivity contribution in [2.24, 2.45) is 0 Å². The minimum atomic E-state index is 1.05. The lowest BCUT2D eigenvalue weighted by molar-refractivity contribution is 0.662. The van der Waals surface area contributed by atoms with Gasteiger partial charge in [0.2, 0.25) is 0 Å². The molecule has 0 N–H and O–H groups in total. The van der Waals surface area contributed by atoms with Crippen molar-refractivity contribution in [1.82, 2.24) is 9.55 Å². The SMILES string of the molecule is CCCCc1cn(CC)c(CCCC)n1. The second-order valence-corrected chi connectivity index (χ2v) is 4.14. The first-order valence-electron chi connectivity index (χ1n) is 6.36. The van der Waals surface area contributed by atoms with Crippen molar-refractivity contribution in [3.63, 3.8) is 0 Å². The van der Waals surface area contributed by atoms with Crippen LogP contribution in [0.1, 0.15) is 58.0 Å². The number of nitrogens with zero attached hydrogens (tertiary/aromatic N) is 2. The summed E-state index contributed by atoms with van der Waals surface area (Å²) in [4.78, 5) is 4.72. The van der Waals surface area contributed by atoms with E-state index < -0.39 is 0 Å². The van der Waals surface area contributed by atoms with Crippen molar-refractivity contribution in [2.75, 3.05) is 0 Å². The van der Waals surface area contributed by atoms with Crippen LogP contribution in [0.15, 0.2) is 6.20 Å². The Labute approximate surface area is 93.7 Å². The Morgan fingerprint density at radius 3 is 2.33 bits per heavy atom. The van der Waals surface area contributed by atoms with Gasteiger partial charge >= 0.3 is 0 Å². The van der Waals surface area contributed by atoms with Crippen LogP contribution < -0.4 is 0 Å². The smallest absolute Gasteiger partial charge is 0.108 e. The minimum absolute atomic E-state index is 1.05. The second kappa shape index (κ2) is 6.65. The third kappa shape index (κ3) is 3.69. The molecule has 86 valence electrons. The van der Waals surface area contributed by atoms with Crippen molar-refractivity contribution < 1.29 is 0 Å². The molecule has 0 unspecified atom stereocenters. The summed E-state index contributed by atoms with van der Waals surface area (Å²) in [6, 6.07) is 0. The molecule has 0 aromatic carbocycles. The van der Waals surface area contributed by atoms with Gasteiger partial charge in [-0.1, -0.05) is 26.7 Å². The van der Waals surface area contributed by atoms with Gasteiger partial charge in [0, 0.05) is 19.2 Å². The van der Waals surface area contributed by atoms with Gasteiger partial charge in [-0.2, -0.15) is 0 Å². The molecule has 0 saturated heterocycles. The molecule has 1 rings (SSSR count). The van der Waals surface area contributed by atoms with E-state index in [0.29, 0.717) is 0 Å². The molecular formula is C13H24N2. The van der Waals surface area contributed by atoms with Crippen LogP contribution in [0, 0.1) is 0 Å². The van der Waals surface area contributed by atoms with Crippen molar-refractivity contribution in [2.45, 2.75) is 65.8 Å². The first-order chi connectivity index (χ1) is 7.31. The number of imidazole rings is 1. The van der Waals surface area contributed by atoms with Gasteiger partial charge in [-0.15, -0.1) is 0 Å². The van der Waals surface area contributed by atoms with Crippen molar-refractivity contribution in [1.29, 1.82) is 0 Å². The summed E-state index contributed by atoms with van der Waals surface area (Å²) in [5.41, 5.74) is 1.28. The van der Waals surface area contributed by atoms with E-state index in [1.54, 1.807) is 0 Å². The van der Waals surface area contributed by atoms with E-state index >= 15 is 0 Å². The van der Waals surface area contributed by atoms with Crippen molar-refractivity contribution in [3.8, 4) is 0 Å². The van der Waals surface area contributed by atoms with Crippen molar-refractivity contribution >= 4 is 0 Å². The Balaban J connectivity index is 2.62. The Morgan fingerprint density at radius 2 is 1.73 bits per heavy atom. The summed E-state index contributed by atoms with van der Waals surface area (Å²) in [7, 11) is 0. The maximum Gasteiger partial charge on any atom is 0.108 e. The number of aromatic nitrogens is 2. The van der Waals surface area contributed by atoms with Crippen LogP contribution in [0.5, 0.6) is 0 Å². The molecule has 1 aromatic heterocycles. The number of aryl methyl sites for hydroxylation is 3. The highest BCUT2D eigenvalue weighted by atomic mass is 15.1. The summed E-state index contributed by atoms with van der Waals surface area (Å²) in [6.45, 7) is 7.71. The zero-order chi connectivity index (χ0) is 11.1. The first-order valence-corrected chi connectivity index (χ1v) is 6.36. The summed E-state index contributed by atoms with van der Waals surface area (Å²) in [5.74, 6) is 1.28. The predicted molar refractivity (Wildman–Crippen MR) is 65.1 cm³/mol. The monoisotopic (exact) mass is 208 g/mol. The summed E-state index contributed by atoms with van der Waals surface area (Å²) in [5, 5.41) is 0. The molecular weight excluding hydrogens is 184 g/mol. The molecule has 0 aliphatic heterocycles. The zero-order valence-corrected chi connectivity index (χ0v) is 10.4. The van der Waals surface area contributed by atoms with Crippen LogP contribution in [0.2, 0.25) is 0 Å². The fourth-order valence-corrected chi connectivity index (χ4v) is 1.80. The Bertz CT molecular complexity index is 276. The second-order valence-electron chi connectivity index (χ2n) is 4.14. The number of hydrogen-bond donors (Lipinski definition) is 0. The quantitative estimate of drug-likeness (QED) is 0.669. The highest BCUT2D eigenvalue weighted by molar-refractivity contribution is 5.04. The third-order valence-corrected chi connectivity index (χ3v) is 2.79. The van der Waals surface area contributed by atoms with Crippen LogP contribution in [-0.2, 0) is 19.4 Å². The number of rotatable bonds is 7. The lowest BCUT2D eigenvalue weighted by Gasteiger charge is -2.02. The normalized spacial score (nSPS) is 10.9. The fraction of sp³-hybridized carbons (Fsp3) is 0.769. The molecule has 2 heteroatoms. The van der Waals surface area contributed by atoms with Crippen LogP contribution in [0.3, 0.4) is 0 Å². The largest absolute Gasteiger partial charge is 0.335 e. The van der Waals surface area contributed by atoms with E-state index in [1.807, 2.05) is 0 Å². The van der Waals surface area contributed by atoms with Gasteiger partial charge in [-0.3, -0.25) is 0 Å². The first kappa shape index (κ1) is 12.3. The third-order valence-electron chi connectivity index (χ3n) is 2.79. The van der Waals surface area contributed by atoms with Gasteiger partial charge in [-0.05, 0) is 26.2 Å². The molecule has 0 radical (unpaired) electrons. The molecule has 0 amide bonds. The van der Waals surface area contributed by atoms with Crippen LogP contribution in [0.4, 0.5) is 0 Å². The zero-order valence-electron chi connectivity index (χ0n) is 10.4. The lowest BCUT2D eigenvalue weighted by Crippen LogP contribution is -2.00. The molecule has 2 nitrogen and oxygen atoms in total. The average molecular weight is 208 g/mol. The lowest BCUT2D eigenvalue weighted by atomic mass is 10.2. The number of unbranched alkanes of at least 4 members (excludes halogenated alkanes) is 2. The molecule has 0 aliphatic rings. The van der Waals surface area contributed by atoms with E-state index in [-0.39, 0.29) is 0 Å². The van der Waals surface area contributed by atoms with Gasteiger partial charge in [0.15, 0.2) is 0 Å². The van der Waals surface area contributed by atoms with E-state index in [9.17, 15) is 0 Å². The summed E-state index contributed by atoms with van der Waals surface area (Å²) in [6.07, 6.45) is 9.53. The van der Waals surface area contributed by atoms with E-state index in [0.717, 1.165) is 19.4 Å². The topological polar surface area (TPSA) is 17.8 Å². The van der Waals surface area contributed by atoms with Gasteiger partial charge in [0.25, 0.3) is 0 Å². The predicted octanol–water partition coefficient (Wildman–Crippen LogP) is 3.59. The molecule has 15 heavy (non-hydrogen) atoms. The summed E-state index contributed by atoms with van der Waals surface area (Å²) >= 11 is 0. The molecule has 0 spiro atoms. The van der Waals surface area contributed by atoms with Crippen LogP contribution in [-0.4, -0.2) is 9.55 Å². The van der Waals surface area contributed by atoms with E-state index in [2.05, 4.69) is 31.5 Å². The van der Waals surface area contributed by atoms with E-state index in [1.165, 1.54) is 37.2 Å². The average Bonchev–Trinajstić information content (AvgIpc) is 2.66. The molecule has 1 aromatic rings. The minimum Gasteiger partial charge on any atom is -0.335 e. The van der Waals surface area contributed by atoms with Crippen LogP contribution in [0.25, 0.3) is 0 Å². The molecule has 0 saturated carbocycles.